The van der Waals surface area contributed by atoms with Gasteiger partial charge in [-0.25, -0.2) is 0 Å². The fourth-order valence-electron chi connectivity index (χ4n) is 1.90. The molecule has 0 heterocycles. The van der Waals surface area contributed by atoms with Crippen LogP contribution in [0, 0.1) is 0 Å². The first-order chi connectivity index (χ1) is 8.88. The van der Waals surface area contributed by atoms with Gasteiger partial charge in [-0.3, -0.25) is 5.32 Å². The molecule has 0 radical (unpaired) electrons. The Bertz CT molecular complexity index is 456. The molecular formula is C13H16F3NO2. The van der Waals surface area contributed by atoms with Crippen LogP contribution < -0.4 is 10.1 Å². The van der Waals surface area contributed by atoms with Gasteiger partial charge in [0.05, 0.1) is 6.61 Å². The summed E-state index contributed by atoms with van der Waals surface area (Å²) in [6, 6.07) is 4.56. The molecule has 1 aromatic carbocycles. The lowest BCUT2D eigenvalue weighted by Crippen LogP contribution is -2.44. The number of alkyl halides is 3. The third-order valence-corrected chi connectivity index (χ3v) is 3.25. The minimum absolute atomic E-state index is 0.0115. The molecule has 6 heteroatoms. The maximum absolute atomic E-state index is 12.7. The van der Waals surface area contributed by atoms with Gasteiger partial charge in [-0.05, 0) is 37.5 Å². The van der Waals surface area contributed by atoms with E-state index in [9.17, 15) is 18.3 Å². The summed E-state index contributed by atoms with van der Waals surface area (Å²) in [6.07, 6.45) is -3.98. The second kappa shape index (κ2) is 4.92. The van der Waals surface area contributed by atoms with Crippen LogP contribution in [0.2, 0.25) is 0 Å². The van der Waals surface area contributed by atoms with Gasteiger partial charge in [-0.1, -0.05) is 6.07 Å². The first-order valence-corrected chi connectivity index (χ1v) is 6.14. The van der Waals surface area contributed by atoms with E-state index in [0.717, 1.165) is 0 Å². The number of halogens is 3. The molecule has 1 saturated carbocycles. The van der Waals surface area contributed by atoms with E-state index < -0.39 is 11.7 Å². The molecule has 3 nitrogen and oxygen atoms in total. The largest absolute Gasteiger partial charge is 0.504 e. The quantitative estimate of drug-likeness (QED) is 0.868. The van der Waals surface area contributed by atoms with Crippen LogP contribution in [0.15, 0.2) is 18.2 Å². The molecule has 0 bridgehead atoms. The van der Waals surface area contributed by atoms with Gasteiger partial charge < -0.3 is 9.84 Å². The van der Waals surface area contributed by atoms with Crippen LogP contribution >= 0.6 is 0 Å². The predicted molar refractivity (Wildman–Crippen MR) is 64.1 cm³/mol. The Morgan fingerprint density at radius 1 is 1.37 bits per heavy atom. The number of aromatic hydroxyl groups is 1. The number of phenols is 1. The Labute approximate surface area is 109 Å². The zero-order valence-corrected chi connectivity index (χ0v) is 10.5. The predicted octanol–water partition coefficient (Wildman–Crippen LogP) is 2.98. The minimum atomic E-state index is -4.22. The maximum atomic E-state index is 12.7. The van der Waals surface area contributed by atoms with E-state index in [-0.39, 0.29) is 25.1 Å². The number of benzene rings is 1. The van der Waals surface area contributed by atoms with Crippen LogP contribution in [0.4, 0.5) is 13.2 Å². The maximum Gasteiger partial charge on any atom is 0.406 e. The van der Waals surface area contributed by atoms with Crippen molar-refractivity contribution in [3.05, 3.63) is 23.8 Å². The van der Waals surface area contributed by atoms with Crippen LogP contribution in [0.3, 0.4) is 0 Å². The fraction of sp³-hybridized carbons (Fsp3) is 0.538. The van der Waals surface area contributed by atoms with Crippen LogP contribution in [0.5, 0.6) is 11.5 Å². The summed E-state index contributed by atoms with van der Waals surface area (Å²) in [5, 5.41) is 12.1. The van der Waals surface area contributed by atoms with Crippen LogP contribution in [-0.4, -0.2) is 23.4 Å². The first-order valence-electron chi connectivity index (χ1n) is 6.14. The summed E-state index contributed by atoms with van der Waals surface area (Å²) in [5.41, 5.74) is -1.08. The smallest absolute Gasteiger partial charge is 0.406 e. The van der Waals surface area contributed by atoms with Crippen molar-refractivity contribution in [1.82, 2.24) is 5.32 Å². The van der Waals surface area contributed by atoms with Gasteiger partial charge in [0.15, 0.2) is 11.5 Å². The Morgan fingerprint density at radius 3 is 2.58 bits per heavy atom. The van der Waals surface area contributed by atoms with Gasteiger partial charge in [0.1, 0.15) is 5.54 Å². The minimum Gasteiger partial charge on any atom is -0.504 e. The summed E-state index contributed by atoms with van der Waals surface area (Å²) in [7, 11) is 0. The molecular weight excluding hydrogens is 259 g/mol. The summed E-state index contributed by atoms with van der Waals surface area (Å²) >= 11 is 0. The van der Waals surface area contributed by atoms with Crippen molar-refractivity contribution in [2.24, 2.45) is 0 Å². The third kappa shape index (κ3) is 2.94. The normalized spacial score (nSPS) is 17.3. The van der Waals surface area contributed by atoms with Crippen LogP contribution in [-0.2, 0) is 6.54 Å². The molecule has 2 N–H and O–H groups in total. The molecule has 0 unspecified atom stereocenters. The Kier molecular flexibility index (Phi) is 3.62. The summed E-state index contributed by atoms with van der Waals surface area (Å²) in [5.74, 6) is 0.279. The molecule has 0 spiro atoms. The van der Waals surface area contributed by atoms with E-state index in [1.165, 1.54) is 6.07 Å². The van der Waals surface area contributed by atoms with Crippen molar-refractivity contribution in [2.75, 3.05) is 6.61 Å². The van der Waals surface area contributed by atoms with Crippen LogP contribution in [0.1, 0.15) is 25.3 Å². The molecule has 1 aromatic rings. The lowest BCUT2D eigenvalue weighted by Gasteiger charge is -2.21. The highest BCUT2D eigenvalue weighted by Crippen LogP contribution is 2.49. The summed E-state index contributed by atoms with van der Waals surface area (Å²) in [6.45, 7) is 2.25. The van der Waals surface area contributed by atoms with E-state index in [1.54, 1.807) is 19.1 Å². The molecule has 1 aliphatic carbocycles. The molecule has 0 atom stereocenters. The highest BCUT2D eigenvalue weighted by molar-refractivity contribution is 5.41. The molecule has 0 aromatic heterocycles. The molecule has 106 valence electrons. The van der Waals surface area contributed by atoms with E-state index in [4.69, 9.17) is 4.74 Å². The SMILES string of the molecule is CCOc1cc(CNC2(C(F)(F)F)CC2)ccc1O. The standard InChI is InChI=1S/C13H16F3NO2/c1-2-19-11-7-9(3-4-10(11)18)8-17-12(5-6-12)13(14,15)16/h3-4,7,17-18H,2,5-6,8H2,1H3. The van der Waals surface area contributed by atoms with Gasteiger partial charge in [-0.15, -0.1) is 0 Å². The third-order valence-electron chi connectivity index (χ3n) is 3.25. The van der Waals surface area contributed by atoms with Crippen molar-refractivity contribution in [3.8, 4) is 11.5 Å². The van der Waals surface area contributed by atoms with Gasteiger partial charge in [0.25, 0.3) is 0 Å². The molecule has 0 saturated heterocycles. The van der Waals surface area contributed by atoms with Gasteiger partial charge in [-0.2, -0.15) is 13.2 Å². The first kappa shape index (κ1) is 14.0. The van der Waals surface area contributed by atoms with E-state index >= 15 is 0 Å². The van der Waals surface area contributed by atoms with E-state index in [2.05, 4.69) is 5.32 Å². The number of nitrogens with one attached hydrogen (secondary N) is 1. The summed E-state index contributed by atoms with van der Waals surface area (Å²) < 4.78 is 43.4. The van der Waals surface area contributed by atoms with Crippen molar-refractivity contribution >= 4 is 0 Å². The van der Waals surface area contributed by atoms with Crippen molar-refractivity contribution in [1.29, 1.82) is 0 Å². The van der Waals surface area contributed by atoms with Gasteiger partial charge in [0.2, 0.25) is 0 Å². The zero-order valence-electron chi connectivity index (χ0n) is 10.5. The molecule has 0 aliphatic heterocycles. The Morgan fingerprint density at radius 2 is 2.05 bits per heavy atom. The number of ether oxygens (including phenoxy) is 1. The molecule has 2 rings (SSSR count). The lowest BCUT2D eigenvalue weighted by atomic mass is 10.1. The zero-order chi connectivity index (χ0) is 14.1. The van der Waals surface area contributed by atoms with Gasteiger partial charge >= 0.3 is 6.18 Å². The number of hydrogen-bond donors (Lipinski definition) is 2. The second-order valence-corrected chi connectivity index (χ2v) is 4.67. The van der Waals surface area contributed by atoms with E-state index in [1.807, 2.05) is 0 Å². The molecule has 19 heavy (non-hydrogen) atoms. The van der Waals surface area contributed by atoms with Crippen molar-refractivity contribution in [2.45, 2.75) is 38.0 Å². The summed E-state index contributed by atoms with van der Waals surface area (Å²) in [4.78, 5) is 0. The highest BCUT2D eigenvalue weighted by atomic mass is 19.4. The number of hydrogen-bond acceptors (Lipinski definition) is 3. The average molecular weight is 275 g/mol. The molecule has 1 aliphatic rings. The Balaban J connectivity index is 2.02. The number of phenolic OH excluding ortho intramolecular Hbond substituents is 1. The average Bonchev–Trinajstić information content (AvgIpc) is 3.11. The molecule has 0 amide bonds. The fourth-order valence-corrected chi connectivity index (χ4v) is 1.90. The van der Waals surface area contributed by atoms with Crippen molar-refractivity contribution in [3.63, 3.8) is 0 Å². The lowest BCUT2D eigenvalue weighted by molar-refractivity contribution is -0.166. The monoisotopic (exact) mass is 275 g/mol. The Hall–Kier alpha value is -1.43. The highest BCUT2D eigenvalue weighted by Gasteiger charge is 2.62. The van der Waals surface area contributed by atoms with Crippen molar-refractivity contribution < 1.29 is 23.0 Å². The van der Waals surface area contributed by atoms with Crippen LogP contribution in [0.25, 0.3) is 0 Å². The topological polar surface area (TPSA) is 41.5 Å². The van der Waals surface area contributed by atoms with E-state index in [0.29, 0.717) is 17.9 Å². The van der Waals surface area contributed by atoms with Gasteiger partial charge in [0, 0.05) is 6.54 Å². The molecule has 1 fully saturated rings. The number of rotatable bonds is 5. The second-order valence-electron chi connectivity index (χ2n) is 4.67.